The van der Waals surface area contributed by atoms with Crippen LogP contribution in [0.3, 0.4) is 0 Å². The molecule has 0 fully saturated rings. The van der Waals surface area contributed by atoms with Crippen LogP contribution in [-0.4, -0.2) is 43.1 Å². The van der Waals surface area contributed by atoms with Crippen LogP contribution < -0.4 is 10.0 Å². The average molecular weight is 282 g/mol. The van der Waals surface area contributed by atoms with Gasteiger partial charge in [0.25, 0.3) is 0 Å². The SMILES string of the molecule is CC(C)(C)OC(=O)N[C@](C)(NS(C)(=O)=O)C(=O)O. The van der Waals surface area contributed by atoms with Gasteiger partial charge in [0.1, 0.15) is 5.60 Å². The molecule has 0 aliphatic rings. The third-order valence-corrected chi connectivity index (χ3v) is 2.35. The molecule has 0 unspecified atom stereocenters. The molecule has 0 aromatic heterocycles. The molecule has 0 spiro atoms. The minimum Gasteiger partial charge on any atom is -0.478 e. The fourth-order valence-electron chi connectivity index (χ4n) is 1.00. The Balaban J connectivity index is 4.95. The summed E-state index contributed by atoms with van der Waals surface area (Å²) in [7, 11) is -3.82. The van der Waals surface area contributed by atoms with Crippen LogP contribution in [0.4, 0.5) is 4.79 Å². The van der Waals surface area contributed by atoms with Gasteiger partial charge in [0, 0.05) is 0 Å². The van der Waals surface area contributed by atoms with Crippen LogP contribution in [0.5, 0.6) is 0 Å². The summed E-state index contributed by atoms with van der Waals surface area (Å²) in [6, 6.07) is 0. The summed E-state index contributed by atoms with van der Waals surface area (Å²) in [6.07, 6.45) is -0.256. The lowest BCUT2D eigenvalue weighted by Crippen LogP contribution is -2.63. The van der Waals surface area contributed by atoms with Crippen molar-refractivity contribution in [2.45, 2.75) is 39.0 Å². The lowest BCUT2D eigenvalue weighted by atomic mass is 10.2. The van der Waals surface area contributed by atoms with E-state index in [1.165, 1.54) is 0 Å². The minimum absolute atomic E-state index is 0.783. The zero-order valence-corrected chi connectivity index (χ0v) is 11.7. The van der Waals surface area contributed by atoms with Gasteiger partial charge in [-0.1, -0.05) is 0 Å². The minimum atomic E-state index is -3.82. The Kier molecular flexibility index (Phi) is 4.72. The van der Waals surface area contributed by atoms with Crippen molar-refractivity contribution < 1.29 is 27.9 Å². The molecule has 0 rings (SSSR count). The van der Waals surface area contributed by atoms with Crippen molar-refractivity contribution in [3.05, 3.63) is 0 Å². The number of aliphatic carboxylic acids is 1. The third-order valence-electron chi connectivity index (χ3n) is 1.57. The maximum atomic E-state index is 11.4. The summed E-state index contributed by atoms with van der Waals surface area (Å²) in [5, 5.41) is 10.9. The molecule has 18 heavy (non-hydrogen) atoms. The third kappa shape index (κ3) is 6.40. The number of carboxylic acids is 1. The van der Waals surface area contributed by atoms with E-state index in [9.17, 15) is 18.0 Å². The van der Waals surface area contributed by atoms with E-state index in [1.807, 2.05) is 10.0 Å². The van der Waals surface area contributed by atoms with Gasteiger partial charge in [-0.3, -0.25) is 5.32 Å². The normalized spacial score (nSPS) is 15.6. The quantitative estimate of drug-likeness (QED) is 0.617. The van der Waals surface area contributed by atoms with Gasteiger partial charge in [0.15, 0.2) is 0 Å². The van der Waals surface area contributed by atoms with E-state index in [4.69, 9.17) is 9.84 Å². The van der Waals surface area contributed by atoms with E-state index >= 15 is 0 Å². The highest BCUT2D eigenvalue weighted by atomic mass is 32.2. The molecule has 0 bridgehead atoms. The van der Waals surface area contributed by atoms with Gasteiger partial charge in [-0.2, -0.15) is 4.72 Å². The number of carboxylic acid groups (broad SMARTS) is 1. The molecule has 1 atom stereocenters. The van der Waals surface area contributed by atoms with E-state index in [1.54, 1.807) is 20.8 Å². The molecule has 0 aliphatic carbocycles. The van der Waals surface area contributed by atoms with E-state index in [0.717, 1.165) is 13.2 Å². The fraction of sp³-hybridized carbons (Fsp3) is 0.778. The van der Waals surface area contributed by atoms with Gasteiger partial charge in [-0.25, -0.2) is 18.0 Å². The number of ether oxygens (including phenoxy) is 1. The maximum Gasteiger partial charge on any atom is 0.409 e. The van der Waals surface area contributed by atoms with Crippen LogP contribution in [0.25, 0.3) is 0 Å². The van der Waals surface area contributed by atoms with Gasteiger partial charge in [-0.15, -0.1) is 0 Å². The Morgan fingerprint density at radius 2 is 1.61 bits per heavy atom. The van der Waals surface area contributed by atoms with Gasteiger partial charge in [-0.05, 0) is 27.7 Å². The van der Waals surface area contributed by atoms with Crippen LogP contribution in [0.15, 0.2) is 0 Å². The largest absolute Gasteiger partial charge is 0.478 e. The van der Waals surface area contributed by atoms with E-state index in [-0.39, 0.29) is 0 Å². The highest BCUT2D eigenvalue weighted by molar-refractivity contribution is 7.88. The molecule has 106 valence electrons. The predicted octanol–water partition coefficient (Wildman–Crippen LogP) is -0.139. The molecular formula is C9H18N2O6S. The van der Waals surface area contributed by atoms with Crippen LogP contribution in [0.1, 0.15) is 27.7 Å². The second-order valence-corrected chi connectivity index (χ2v) is 6.68. The number of sulfonamides is 1. The molecule has 0 saturated carbocycles. The predicted molar refractivity (Wildman–Crippen MR) is 63.4 cm³/mol. The number of hydrogen-bond donors (Lipinski definition) is 3. The summed E-state index contributed by atoms with van der Waals surface area (Å²) in [4.78, 5) is 22.4. The number of nitrogens with one attached hydrogen (secondary N) is 2. The zero-order chi connectivity index (χ0) is 14.8. The molecule has 0 saturated heterocycles. The van der Waals surface area contributed by atoms with Crippen molar-refractivity contribution in [1.82, 2.24) is 10.0 Å². The lowest BCUT2D eigenvalue weighted by Gasteiger charge is -2.28. The summed E-state index contributed by atoms with van der Waals surface area (Å²) < 4.78 is 28.8. The Morgan fingerprint density at radius 1 is 1.17 bits per heavy atom. The second-order valence-electron chi connectivity index (χ2n) is 4.93. The highest BCUT2D eigenvalue weighted by Gasteiger charge is 2.39. The monoisotopic (exact) mass is 282 g/mol. The van der Waals surface area contributed by atoms with Crippen molar-refractivity contribution in [2.24, 2.45) is 0 Å². The Labute approximate surface area is 106 Å². The van der Waals surface area contributed by atoms with Crippen molar-refractivity contribution in [3.8, 4) is 0 Å². The number of rotatable bonds is 4. The van der Waals surface area contributed by atoms with Gasteiger partial charge >= 0.3 is 12.1 Å². The summed E-state index contributed by atoms with van der Waals surface area (Å²) in [5.41, 5.74) is -3.00. The first-order valence-corrected chi connectivity index (χ1v) is 6.88. The second kappa shape index (κ2) is 5.11. The topological polar surface area (TPSA) is 122 Å². The van der Waals surface area contributed by atoms with Crippen molar-refractivity contribution in [1.29, 1.82) is 0 Å². The lowest BCUT2D eigenvalue weighted by molar-refractivity contribution is -0.144. The standard InChI is InChI=1S/C9H18N2O6S/c1-8(2,3)17-7(14)10-9(4,6(12)13)11-18(5,15)16/h11H,1-5H3,(H,10,14)(H,12,13)/t9-/m1/s1. The summed E-state index contributed by atoms with van der Waals surface area (Å²) in [6.45, 7) is 5.78. The molecule has 3 N–H and O–H groups in total. The van der Waals surface area contributed by atoms with E-state index < -0.39 is 33.3 Å². The number of carbonyl (C=O) groups excluding carboxylic acids is 1. The summed E-state index contributed by atoms with van der Waals surface area (Å²) in [5.74, 6) is -1.56. The number of alkyl carbamates (subject to hydrolysis) is 1. The fourth-order valence-corrected chi connectivity index (χ4v) is 1.88. The molecule has 0 aliphatic heterocycles. The molecular weight excluding hydrogens is 264 g/mol. The number of hydrogen-bond acceptors (Lipinski definition) is 5. The van der Waals surface area contributed by atoms with Crippen molar-refractivity contribution in [2.75, 3.05) is 6.26 Å². The van der Waals surface area contributed by atoms with Crippen molar-refractivity contribution >= 4 is 22.1 Å². The van der Waals surface area contributed by atoms with Crippen LogP contribution in [0.2, 0.25) is 0 Å². The van der Waals surface area contributed by atoms with Gasteiger partial charge in [0.2, 0.25) is 15.7 Å². The van der Waals surface area contributed by atoms with Gasteiger partial charge < -0.3 is 9.84 Å². The van der Waals surface area contributed by atoms with Crippen LogP contribution >= 0.6 is 0 Å². The Hall–Kier alpha value is -1.35. The molecule has 0 aromatic rings. The maximum absolute atomic E-state index is 11.4. The van der Waals surface area contributed by atoms with Crippen molar-refractivity contribution in [3.63, 3.8) is 0 Å². The smallest absolute Gasteiger partial charge is 0.409 e. The number of amides is 1. The first kappa shape index (κ1) is 16.6. The molecule has 0 heterocycles. The average Bonchev–Trinajstić information content (AvgIpc) is 1.94. The Bertz CT molecular complexity index is 438. The first-order valence-electron chi connectivity index (χ1n) is 4.99. The van der Waals surface area contributed by atoms with E-state index in [0.29, 0.717) is 0 Å². The van der Waals surface area contributed by atoms with Crippen LogP contribution in [-0.2, 0) is 19.6 Å². The molecule has 8 nitrogen and oxygen atoms in total. The number of carbonyl (C=O) groups is 2. The molecule has 1 amide bonds. The molecule has 0 radical (unpaired) electrons. The van der Waals surface area contributed by atoms with Gasteiger partial charge in [0.05, 0.1) is 6.26 Å². The molecule has 9 heteroatoms. The van der Waals surface area contributed by atoms with E-state index in [2.05, 4.69) is 0 Å². The summed E-state index contributed by atoms with van der Waals surface area (Å²) >= 11 is 0. The Morgan fingerprint density at radius 3 is 1.89 bits per heavy atom. The zero-order valence-electron chi connectivity index (χ0n) is 10.9. The highest BCUT2D eigenvalue weighted by Crippen LogP contribution is 2.09. The first-order chi connectivity index (χ1) is 7.75. The molecule has 0 aromatic carbocycles. The van der Waals surface area contributed by atoms with Crippen LogP contribution in [0, 0.1) is 0 Å².